The van der Waals surface area contributed by atoms with Crippen LogP contribution in [0.5, 0.6) is 0 Å². The zero-order valence-electron chi connectivity index (χ0n) is 16.4. The van der Waals surface area contributed by atoms with Gasteiger partial charge in [-0.25, -0.2) is 0 Å². The molecule has 24 heavy (non-hydrogen) atoms. The third-order valence-corrected chi connectivity index (χ3v) is 4.05. The van der Waals surface area contributed by atoms with Gasteiger partial charge in [-0.2, -0.15) is 0 Å². The molecule has 0 aliphatic heterocycles. The third kappa shape index (κ3) is 14.5. The Kier molecular flexibility index (Phi) is 12.6. The highest BCUT2D eigenvalue weighted by Gasteiger charge is 2.09. The second-order valence-electron chi connectivity index (χ2n) is 7.26. The third-order valence-electron chi connectivity index (χ3n) is 3.89. The van der Waals surface area contributed by atoms with Gasteiger partial charge in [-0.1, -0.05) is 46.6 Å². The van der Waals surface area contributed by atoms with E-state index in [9.17, 15) is 4.79 Å². The molecule has 1 unspecified atom stereocenters. The van der Waals surface area contributed by atoms with Crippen LogP contribution in [0.2, 0.25) is 0 Å². The first-order valence-corrected chi connectivity index (χ1v) is 9.36. The lowest BCUT2D eigenvalue weighted by Gasteiger charge is -2.11. The number of hydrogen-bond acceptors (Lipinski definition) is 1. The molecule has 0 aliphatic rings. The smallest absolute Gasteiger partial charge is 0.222 e. The van der Waals surface area contributed by atoms with Crippen molar-refractivity contribution in [3.63, 3.8) is 0 Å². The summed E-state index contributed by atoms with van der Waals surface area (Å²) in [5.41, 5.74) is 5.44. The average Bonchev–Trinajstić information content (AvgIpc) is 2.43. The monoisotopic (exact) mass is 350 g/mol. The Morgan fingerprint density at radius 2 is 1.33 bits per heavy atom. The van der Waals surface area contributed by atoms with E-state index in [4.69, 9.17) is 11.6 Å². The second kappa shape index (κ2) is 13.2. The van der Waals surface area contributed by atoms with Crippen molar-refractivity contribution in [3.8, 4) is 0 Å². The lowest BCUT2D eigenvalue weighted by Crippen LogP contribution is -2.02. The van der Waals surface area contributed by atoms with Gasteiger partial charge < -0.3 is 0 Å². The number of carbonyl (C=O) groups excluding carboxylic acids is 1. The van der Waals surface area contributed by atoms with Crippen LogP contribution in [0.1, 0.15) is 80.1 Å². The zero-order valence-corrected chi connectivity index (χ0v) is 17.2. The minimum Gasteiger partial charge on any atom is -0.281 e. The van der Waals surface area contributed by atoms with E-state index in [1.165, 1.54) is 22.3 Å². The number of rotatable bonds is 11. The number of allylic oxidation sites excluding steroid dienone is 8. The topological polar surface area (TPSA) is 17.1 Å². The molecule has 0 fully saturated rings. The summed E-state index contributed by atoms with van der Waals surface area (Å²) in [4.78, 5) is 11.3. The Bertz CT molecular complexity index is 498. The van der Waals surface area contributed by atoms with Gasteiger partial charge in [0.05, 0.1) is 0 Å². The first-order valence-electron chi connectivity index (χ1n) is 8.98. The maximum Gasteiger partial charge on any atom is 0.222 e. The Morgan fingerprint density at radius 1 is 0.833 bits per heavy atom. The van der Waals surface area contributed by atoms with Gasteiger partial charge in [0.15, 0.2) is 0 Å². The number of halogens is 1. The van der Waals surface area contributed by atoms with Crippen molar-refractivity contribution in [2.24, 2.45) is 5.92 Å². The molecule has 0 aromatic carbocycles. The summed E-state index contributed by atoms with van der Waals surface area (Å²) >= 11 is 5.63. The average molecular weight is 351 g/mol. The molecule has 0 saturated heterocycles. The van der Waals surface area contributed by atoms with Gasteiger partial charge in [0, 0.05) is 6.42 Å². The molecule has 0 N–H and O–H groups in total. The summed E-state index contributed by atoms with van der Waals surface area (Å²) in [5.74, 6) is 0.208. The Hall–Kier alpha value is -1.08. The van der Waals surface area contributed by atoms with Crippen molar-refractivity contribution in [3.05, 3.63) is 46.6 Å². The van der Waals surface area contributed by atoms with Crippen molar-refractivity contribution < 1.29 is 4.79 Å². The molecule has 1 atom stereocenters. The van der Waals surface area contributed by atoms with E-state index in [-0.39, 0.29) is 11.2 Å². The fourth-order valence-corrected chi connectivity index (χ4v) is 2.73. The van der Waals surface area contributed by atoms with Crippen LogP contribution in [-0.4, -0.2) is 5.24 Å². The van der Waals surface area contributed by atoms with Gasteiger partial charge in [0.2, 0.25) is 5.24 Å². The number of carbonyl (C=O) groups is 1. The summed E-state index contributed by atoms with van der Waals surface area (Å²) in [7, 11) is 0. The Labute approximate surface area is 154 Å². The zero-order chi connectivity index (χ0) is 18.5. The summed E-state index contributed by atoms with van der Waals surface area (Å²) in [6.07, 6.45) is 14.6. The van der Waals surface area contributed by atoms with Crippen molar-refractivity contribution in [2.75, 3.05) is 0 Å². The van der Waals surface area contributed by atoms with Crippen molar-refractivity contribution in [1.82, 2.24) is 0 Å². The molecule has 0 amide bonds. The quantitative estimate of drug-likeness (QED) is 0.278. The lowest BCUT2D eigenvalue weighted by atomic mass is 9.95. The molecule has 0 aliphatic carbocycles. The van der Waals surface area contributed by atoms with E-state index in [2.05, 4.69) is 65.8 Å². The lowest BCUT2D eigenvalue weighted by molar-refractivity contribution is -0.112. The maximum absolute atomic E-state index is 11.3. The van der Waals surface area contributed by atoms with Crippen LogP contribution in [0.15, 0.2) is 46.6 Å². The minimum atomic E-state index is -0.246. The van der Waals surface area contributed by atoms with Crippen LogP contribution in [-0.2, 0) is 4.79 Å². The second-order valence-corrected chi connectivity index (χ2v) is 7.68. The van der Waals surface area contributed by atoms with Gasteiger partial charge in [-0.15, -0.1) is 0 Å². The Balaban J connectivity index is 4.67. The van der Waals surface area contributed by atoms with Gasteiger partial charge in [-0.3, -0.25) is 4.79 Å². The van der Waals surface area contributed by atoms with Crippen LogP contribution in [0.4, 0.5) is 0 Å². The summed E-state index contributed by atoms with van der Waals surface area (Å²) in [5, 5.41) is -0.246. The van der Waals surface area contributed by atoms with Crippen LogP contribution in [0.25, 0.3) is 0 Å². The van der Waals surface area contributed by atoms with Gasteiger partial charge in [0.1, 0.15) is 0 Å². The summed E-state index contributed by atoms with van der Waals surface area (Å²) < 4.78 is 0. The molecular formula is C22H35ClO. The van der Waals surface area contributed by atoms with Crippen molar-refractivity contribution in [2.45, 2.75) is 80.1 Å². The molecule has 0 bridgehead atoms. The van der Waals surface area contributed by atoms with Crippen LogP contribution < -0.4 is 0 Å². The van der Waals surface area contributed by atoms with Crippen LogP contribution in [0.3, 0.4) is 0 Å². The summed E-state index contributed by atoms with van der Waals surface area (Å²) in [6.45, 7) is 12.8. The van der Waals surface area contributed by atoms with Crippen molar-refractivity contribution >= 4 is 16.8 Å². The molecule has 0 aromatic rings. The first kappa shape index (κ1) is 22.9. The van der Waals surface area contributed by atoms with E-state index in [0.717, 1.165) is 32.1 Å². The molecule has 0 aromatic heterocycles. The molecule has 1 nitrogen and oxygen atoms in total. The minimum absolute atomic E-state index is 0.208. The van der Waals surface area contributed by atoms with Gasteiger partial charge >= 0.3 is 0 Å². The fourth-order valence-electron chi connectivity index (χ4n) is 2.53. The molecule has 0 radical (unpaired) electrons. The van der Waals surface area contributed by atoms with E-state index in [0.29, 0.717) is 6.42 Å². The molecule has 0 saturated carbocycles. The van der Waals surface area contributed by atoms with Crippen molar-refractivity contribution in [1.29, 1.82) is 0 Å². The molecular weight excluding hydrogens is 316 g/mol. The first-order chi connectivity index (χ1) is 11.2. The summed E-state index contributed by atoms with van der Waals surface area (Å²) in [6, 6.07) is 0. The van der Waals surface area contributed by atoms with E-state index in [1.807, 2.05) is 0 Å². The molecule has 0 rings (SSSR count). The molecule has 0 heterocycles. The van der Waals surface area contributed by atoms with E-state index < -0.39 is 0 Å². The fraction of sp³-hybridized carbons (Fsp3) is 0.591. The standard InChI is InChI=1S/C22H35ClO/c1-17(2)9-7-11-19(5)13-14-21(16-22(23)24)15-20(6)12-8-10-18(3)4/h9-10,13,15,21H,7-8,11-12,14,16H2,1-6H3. The molecule has 136 valence electrons. The van der Waals surface area contributed by atoms with Crippen LogP contribution in [0, 0.1) is 5.92 Å². The highest BCUT2D eigenvalue weighted by atomic mass is 35.5. The predicted molar refractivity (Wildman–Crippen MR) is 108 cm³/mol. The SMILES string of the molecule is CC(C)=CCCC(C)=CCC(C=C(C)CCC=C(C)C)CC(=O)Cl. The van der Waals surface area contributed by atoms with Gasteiger partial charge in [-0.05, 0) is 91.2 Å². The highest BCUT2D eigenvalue weighted by Crippen LogP contribution is 2.20. The highest BCUT2D eigenvalue weighted by molar-refractivity contribution is 6.63. The van der Waals surface area contributed by atoms with Crippen LogP contribution >= 0.6 is 11.6 Å². The molecule has 2 heteroatoms. The van der Waals surface area contributed by atoms with E-state index >= 15 is 0 Å². The molecule has 0 spiro atoms. The largest absolute Gasteiger partial charge is 0.281 e. The van der Waals surface area contributed by atoms with Gasteiger partial charge in [0.25, 0.3) is 0 Å². The predicted octanol–water partition coefficient (Wildman–Crippen LogP) is 7.53. The number of hydrogen-bond donors (Lipinski definition) is 0. The van der Waals surface area contributed by atoms with E-state index in [1.54, 1.807) is 0 Å². The maximum atomic E-state index is 11.3. The normalized spacial score (nSPS) is 13.5. The Morgan fingerprint density at radius 3 is 1.79 bits per heavy atom.